The largest absolute Gasteiger partial charge is 0.349 e. The summed E-state index contributed by atoms with van der Waals surface area (Å²) in [5.74, 6) is -1.17. The minimum atomic E-state index is -0.635. The number of benzene rings is 1. The summed E-state index contributed by atoms with van der Waals surface area (Å²) in [6.07, 6.45) is 0. The number of nitrogens with zero attached hydrogens (tertiary/aromatic N) is 2. The molecule has 25 heavy (non-hydrogen) atoms. The van der Waals surface area contributed by atoms with Gasteiger partial charge in [0.25, 0.3) is 5.91 Å². The molecular weight excluding hydrogens is 361 g/mol. The number of carbonyl (C=O) groups excluding carboxylic acids is 1. The lowest BCUT2D eigenvalue weighted by molar-refractivity contribution is 0.0945. The van der Waals surface area contributed by atoms with Gasteiger partial charge in [0.05, 0.1) is 16.3 Å². The number of aryl methyl sites for hydroxylation is 2. The second kappa shape index (κ2) is 7.37. The van der Waals surface area contributed by atoms with Crippen molar-refractivity contribution in [2.24, 2.45) is 0 Å². The van der Waals surface area contributed by atoms with E-state index in [9.17, 15) is 9.18 Å². The standard InChI is InChI=1S/C18H17ClFN3OS/c1-11-9-12(2)23(22-11)15(16-7-4-8-25-16)10-21-18(24)17-13(19)5-3-6-14(17)20/h3-9,15H,10H2,1-2H3,(H,21,24). The SMILES string of the molecule is Cc1cc(C)n(C(CNC(=O)c2c(F)cccc2Cl)c2cccs2)n1. The Hall–Kier alpha value is -2.18. The van der Waals surface area contributed by atoms with Crippen LogP contribution in [0.25, 0.3) is 0 Å². The van der Waals surface area contributed by atoms with Crippen LogP contribution in [0.15, 0.2) is 41.8 Å². The first-order chi connectivity index (χ1) is 12.0. The Kier molecular flexibility index (Phi) is 5.20. The molecule has 2 aromatic heterocycles. The van der Waals surface area contributed by atoms with Crippen LogP contribution < -0.4 is 5.32 Å². The van der Waals surface area contributed by atoms with Gasteiger partial charge in [-0.3, -0.25) is 9.48 Å². The summed E-state index contributed by atoms with van der Waals surface area (Å²) in [6.45, 7) is 4.18. The third-order valence-corrected chi connectivity index (χ3v) is 5.15. The molecule has 1 unspecified atom stereocenters. The lowest BCUT2D eigenvalue weighted by Gasteiger charge is -2.19. The van der Waals surface area contributed by atoms with Gasteiger partial charge >= 0.3 is 0 Å². The zero-order valence-corrected chi connectivity index (χ0v) is 15.4. The summed E-state index contributed by atoms with van der Waals surface area (Å²) in [4.78, 5) is 13.5. The minimum absolute atomic E-state index is 0.0938. The van der Waals surface area contributed by atoms with Crippen LogP contribution in [-0.2, 0) is 0 Å². The Labute approximate surface area is 154 Å². The van der Waals surface area contributed by atoms with E-state index in [1.54, 1.807) is 11.3 Å². The number of hydrogen-bond acceptors (Lipinski definition) is 3. The molecule has 0 saturated carbocycles. The highest BCUT2D eigenvalue weighted by molar-refractivity contribution is 7.10. The number of amides is 1. The highest BCUT2D eigenvalue weighted by Crippen LogP contribution is 2.25. The summed E-state index contributed by atoms with van der Waals surface area (Å²) >= 11 is 7.55. The maximum absolute atomic E-state index is 13.9. The predicted octanol–water partition coefficient (Wildman–Crippen LogP) is 4.37. The van der Waals surface area contributed by atoms with Crippen LogP contribution in [0.5, 0.6) is 0 Å². The van der Waals surface area contributed by atoms with Crippen molar-refractivity contribution in [3.63, 3.8) is 0 Å². The molecule has 1 atom stereocenters. The van der Waals surface area contributed by atoms with E-state index in [-0.39, 0.29) is 23.2 Å². The Balaban J connectivity index is 1.85. The molecular formula is C18H17ClFN3OS. The maximum atomic E-state index is 13.9. The van der Waals surface area contributed by atoms with E-state index in [0.29, 0.717) is 0 Å². The summed E-state index contributed by atoms with van der Waals surface area (Å²) in [7, 11) is 0. The fraction of sp³-hybridized carbons (Fsp3) is 0.222. The summed E-state index contributed by atoms with van der Waals surface area (Å²) < 4.78 is 15.8. The van der Waals surface area contributed by atoms with Gasteiger partial charge in [-0.25, -0.2) is 4.39 Å². The van der Waals surface area contributed by atoms with E-state index in [1.807, 2.05) is 42.1 Å². The van der Waals surface area contributed by atoms with Crippen molar-refractivity contribution in [2.75, 3.05) is 6.54 Å². The van der Waals surface area contributed by atoms with Crippen LogP contribution in [0.4, 0.5) is 4.39 Å². The molecule has 3 aromatic rings. The highest BCUT2D eigenvalue weighted by Gasteiger charge is 2.21. The van der Waals surface area contributed by atoms with Crippen molar-refractivity contribution in [1.29, 1.82) is 0 Å². The molecule has 130 valence electrons. The van der Waals surface area contributed by atoms with E-state index >= 15 is 0 Å². The lowest BCUT2D eigenvalue weighted by Crippen LogP contribution is -2.32. The van der Waals surface area contributed by atoms with E-state index < -0.39 is 11.7 Å². The number of halogens is 2. The Bertz CT molecular complexity index is 872. The predicted molar refractivity (Wildman–Crippen MR) is 97.9 cm³/mol. The molecule has 0 radical (unpaired) electrons. The normalized spacial score (nSPS) is 12.2. The van der Waals surface area contributed by atoms with Gasteiger partial charge in [0.15, 0.2) is 0 Å². The first-order valence-corrected chi connectivity index (χ1v) is 9.01. The van der Waals surface area contributed by atoms with Crippen LogP contribution in [0.3, 0.4) is 0 Å². The Morgan fingerprint density at radius 1 is 1.36 bits per heavy atom. The minimum Gasteiger partial charge on any atom is -0.349 e. The van der Waals surface area contributed by atoms with Crippen molar-refractivity contribution in [1.82, 2.24) is 15.1 Å². The van der Waals surface area contributed by atoms with Gasteiger partial charge in [0.2, 0.25) is 0 Å². The zero-order chi connectivity index (χ0) is 18.0. The molecule has 0 fully saturated rings. The fourth-order valence-electron chi connectivity index (χ4n) is 2.74. The number of hydrogen-bond donors (Lipinski definition) is 1. The Morgan fingerprint density at radius 3 is 2.76 bits per heavy atom. The first kappa shape index (κ1) is 17.6. The van der Waals surface area contributed by atoms with Gasteiger partial charge in [0, 0.05) is 17.1 Å². The third kappa shape index (κ3) is 3.75. The lowest BCUT2D eigenvalue weighted by atomic mass is 10.1. The molecule has 1 amide bonds. The van der Waals surface area contributed by atoms with E-state index in [4.69, 9.17) is 11.6 Å². The fourth-order valence-corrected chi connectivity index (χ4v) is 3.80. The molecule has 2 heterocycles. The number of nitrogens with one attached hydrogen (secondary N) is 1. The average Bonchev–Trinajstić information content (AvgIpc) is 3.18. The number of thiophene rings is 1. The average molecular weight is 378 g/mol. The van der Waals surface area contributed by atoms with Gasteiger partial charge in [-0.1, -0.05) is 23.7 Å². The smallest absolute Gasteiger partial charge is 0.255 e. The molecule has 3 rings (SSSR count). The number of carbonyl (C=O) groups is 1. The molecule has 0 aliphatic heterocycles. The molecule has 0 bridgehead atoms. The molecule has 0 spiro atoms. The number of aromatic nitrogens is 2. The van der Waals surface area contributed by atoms with E-state index in [0.717, 1.165) is 16.3 Å². The van der Waals surface area contributed by atoms with E-state index in [2.05, 4.69) is 10.4 Å². The van der Waals surface area contributed by atoms with Crippen LogP contribution in [-0.4, -0.2) is 22.2 Å². The zero-order valence-electron chi connectivity index (χ0n) is 13.8. The maximum Gasteiger partial charge on any atom is 0.255 e. The first-order valence-electron chi connectivity index (χ1n) is 7.75. The van der Waals surface area contributed by atoms with Crippen molar-refractivity contribution >= 4 is 28.8 Å². The molecule has 1 N–H and O–H groups in total. The molecule has 0 aliphatic rings. The molecule has 0 saturated heterocycles. The highest BCUT2D eigenvalue weighted by atomic mass is 35.5. The van der Waals surface area contributed by atoms with Crippen molar-refractivity contribution in [3.05, 3.63) is 74.4 Å². The monoisotopic (exact) mass is 377 g/mol. The molecule has 7 heteroatoms. The van der Waals surface area contributed by atoms with Gasteiger partial charge in [-0.2, -0.15) is 5.10 Å². The molecule has 0 aliphatic carbocycles. The summed E-state index contributed by atoms with van der Waals surface area (Å²) in [5, 5.41) is 9.38. The molecule has 1 aromatic carbocycles. The Morgan fingerprint density at radius 2 is 2.16 bits per heavy atom. The van der Waals surface area contributed by atoms with Gasteiger partial charge in [-0.05, 0) is 43.5 Å². The molecule has 4 nitrogen and oxygen atoms in total. The van der Waals surface area contributed by atoms with Crippen LogP contribution in [0.2, 0.25) is 5.02 Å². The van der Waals surface area contributed by atoms with Crippen molar-refractivity contribution < 1.29 is 9.18 Å². The van der Waals surface area contributed by atoms with Gasteiger partial charge < -0.3 is 5.32 Å². The van der Waals surface area contributed by atoms with Crippen LogP contribution >= 0.6 is 22.9 Å². The quantitative estimate of drug-likeness (QED) is 0.717. The van der Waals surface area contributed by atoms with E-state index in [1.165, 1.54) is 18.2 Å². The van der Waals surface area contributed by atoms with Crippen LogP contribution in [0.1, 0.15) is 32.7 Å². The van der Waals surface area contributed by atoms with Crippen molar-refractivity contribution in [2.45, 2.75) is 19.9 Å². The summed E-state index contributed by atoms with van der Waals surface area (Å²) in [5.41, 5.74) is 1.76. The topological polar surface area (TPSA) is 46.9 Å². The third-order valence-electron chi connectivity index (χ3n) is 3.86. The second-order valence-electron chi connectivity index (χ2n) is 5.71. The summed E-state index contributed by atoms with van der Waals surface area (Å²) in [6, 6.07) is 9.95. The second-order valence-corrected chi connectivity index (χ2v) is 7.10. The van der Waals surface area contributed by atoms with Gasteiger partial charge in [0.1, 0.15) is 11.9 Å². The van der Waals surface area contributed by atoms with Gasteiger partial charge in [-0.15, -0.1) is 11.3 Å². The number of rotatable bonds is 5. The van der Waals surface area contributed by atoms with Crippen molar-refractivity contribution in [3.8, 4) is 0 Å². The van der Waals surface area contributed by atoms with Crippen LogP contribution in [0, 0.1) is 19.7 Å².